The Labute approximate surface area is 179 Å². The monoisotopic (exact) mass is 425 g/mol. The van der Waals surface area contributed by atoms with E-state index < -0.39 is 24.4 Å². The van der Waals surface area contributed by atoms with Crippen molar-refractivity contribution in [3.05, 3.63) is 53.2 Å². The SMILES string of the molecule is COc1cc(OC)c(/C=C2/NC(=O)N(CC(=O)Nc3cccc(C)c3)C2=O)c(OC)c1. The van der Waals surface area contributed by atoms with Crippen LogP contribution in [0.4, 0.5) is 10.5 Å². The molecule has 9 nitrogen and oxygen atoms in total. The Morgan fingerprint density at radius 2 is 1.74 bits per heavy atom. The molecule has 0 radical (unpaired) electrons. The van der Waals surface area contributed by atoms with Gasteiger partial charge < -0.3 is 24.8 Å². The van der Waals surface area contributed by atoms with Gasteiger partial charge in [0.25, 0.3) is 5.91 Å². The quantitative estimate of drug-likeness (QED) is 0.522. The van der Waals surface area contributed by atoms with Gasteiger partial charge in [-0.25, -0.2) is 9.69 Å². The Morgan fingerprint density at radius 3 is 2.32 bits per heavy atom. The van der Waals surface area contributed by atoms with Gasteiger partial charge in [-0.15, -0.1) is 0 Å². The smallest absolute Gasteiger partial charge is 0.329 e. The van der Waals surface area contributed by atoms with E-state index in [9.17, 15) is 14.4 Å². The van der Waals surface area contributed by atoms with E-state index in [0.29, 0.717) is 28.5 Å². The molecule has 0 aliphatic carbocycles. The molecule has 0 atom stereocenters. The molecular weight excluding hydrogens is 402 g/mol. The number of urea groups is 1. The maximum absolute atomic E-state index is 12.8. The van der Waals surface area contributed by atoms with Crippen molar-refractivity contribution in [2.75, 3.05) is 33.2 Å². The lowest BCUT2D eigenvalue weighted by molar-refractivity contribution is -0.127. The summed E-state index contributed by atoms with van der Waals surface area (Å²) in [5, 5.41) is 5.17. The van der Waals surface area contributed by atoms with E-state index in [0.717, 1.165) is 10.5 Å². The second kappa shape index (κ2) is 9.21. The fourth-order valence-corrected chi connectivity index (χ4v) is 3.10. The minimum Gasteiger partial charge on any atom is -0.496 e. The van der Waals surface area contributed by atoms with E-state index in [-0.39, 0.29) is 5.70 Å². The number of hydrogen-bond acceptors (Lipinski definition) is 6. The van der Waals surface area contributed by atoms with E-state index in [1.807, 2.05) is 13.0 Å². The van der Waals surface area contributed by atoms with E-state index >= 15 is 0 Å². The Kier molecular flexibility index (Phi) is 6.44. The highest BCUT2D eigenvalue weighted by molar-refractivity contribution is 6.16. The number of methoxy groups -OCH3 is 3. The number of hydrogen-bond donors (Lipinski definition) is 2. The van der Waals surface area contributed by atoms with Crippen LogP contribution >= 0.6 is 0 Å². The Hall–Kier alpha value is -4.01. The molecular formula is C22H23N3O6. The molecule has 1 aliphatic rings. The molecule has 1 fully saturated rings. The first-order valence-corrected chi connectivity index (χ1v) is 9.37. The molecule has 2 aromatic carbocycles. The number of rotatable bonds is 7. The number of amides is 4. The highest BCUT2D eigenvalue weighted by atomic mass is 16.5. The molecule has 0 saturated carbocycles. The van der Waals surface area contributed by atoms with Crippen LogP contribution in [0.25, 0.3) is 6.08 Å². The van der Waals surface area contributed by atoms with Gasteiger partial charge in [0.05, 0.1) is 26.9 Å². The van der Waals surface area contributed by atoms with Crippen LogP contribution in [0, 0.1) is 6.92 Å². The molecule has 1 heterocycles. The minimum absolute atomic E-state index is 0.00452. The highest BCUT2D eigenvalue weighted by Crippen LogP contribution is 2.36. The number of carbonyl (C=O) groups excluding carboxylic acids is 3. The summed E-state index contributed by atoms with van der Waals surface area (Å²) in [4.78, 5) is 38.3. The lowest BCUT2D eigenvalue weighted by Gasteiger charge is -2.13. The maximum Gasteiger partial charge on any atom is 0.329 e. The van der Waals surface area contributed by atoms with Crippen molar-refractivity contribution in [3.63, 3.8) is 0 Å². The van der Waals surface area contributed by atoms with Crippen molar-refractivity contribution in [3.8, 4) is 17.2 Å². The van der Waals surface area contributed by atoms with Crippen molar-refractivity contribution < 1.29 is 28.6 Å². The summed E-state index contributed by atoms with van der Waals surface area (Å²) in [5.74, 6) is 0.161. The van der Waals surface area contributed by atoms with Gasteiger partial charge in [0, 0.05) is 17.8 Å². The van der Waals surface area contributed by atoms with Crippen molar-refractivity contribution in [1.82, 2.24) is 10.2 Å². The molecule has 1 saturated heterocycles. The second-order valence-electron chi connectivity index (χ2n) is 6.74. The van der Waals surface area contributed by atoms with Gasteiger partial charge in [-0.2, -0.15) is 0 Å². The topological polar surface area (TPSA) is 106 Å². The first-order valence-electron chi connectivity index (χ1n) is 9.37. The van der Waals surface area contributed by atoms with Crippen LogP contribution in [-0.4, -0.2) is 50.6 Å². The summed E-state index contributed by atoms with van der Waals surface area (Å²) >= 11 is 0. The zero-order valence-electron chi connectivity index (χ0n) is 17.6. The van der Waals surface area contributed by atoms with E-state index in [1.54, 1.807) is 30.3 Å². The standard InChI is InChI=1S/C22H23N3O6/c1-13-6-5-7-14(8-13)23-20(26)12-25-21(27)17(24-22(25)28)11-16-18(30-3)9-15(29-2)10-19(16)31-4/h5-11H,12H2,1-4H3,(H,23,26)(H,24,28)/b17-11+. The van der Waals surface area contributed by atoms with Gasteiger partial charge in [0.1, 0.15) is 29.5 Å². The molecule has 0 unspecified atom stereocenters. The average Bonchev–Trinajstić information content (AvgIpc) is 3.01. The van der Waals surface area contributed by atoms with E-state index in [4.69, 9.17) is 14.2 Å². The van der Waals surface area contributed by atoms with Crippen molar-refractivity contribution in [2.45, 2.75) is 6.92 Å². The minimum atomic E-state index is -0.693. The van der Waals surface area contributed by atoms with E-state index in [2.05, 4.69) is 10.6 Å². The van der Waals surface area contributed by atoms with Crippen LogP contribution in [0.15, 0.2) is 42.1 Å². The molecule has 0 spiro atoms. The van der Waals surface area contributed by atoms with Crippen molar-refractivity contribution >= 4 is 29.6 Å². The second-order valence-corrected chi connectivity index (χ2v) is 6.74. The Morgan fingerprint density at radius 1 is 1.06 bits per heavy atom. The highest BCUT2D eigenvalue weighted by Gasteiger charge is 2.35. The summed E-state index contributed by atoms with van der Waals surface area (Å²) < 4.78 is 15.9. The number of carbonyl (C=O) groups is 3. The fourth-order valence-electron chi connectivity index (χ4n) is 3.10. The Balaban J connectivity index is 1.81. The first kappa shape index (κ1) is 21.7. The summed E-state index contributed by atoms with van der Waals surface area (Å²) in [6, 6.07) is 9.77. The van der Waals surface area contributed by atoms with Gasteiger partial charge in [0.2, 0.25) is 5.91 Å². The van der Waals surface area contributed by atoms with Gasteiger partial charge >= 0.3 is 6.03 Å². The third-order valence-electron chi connectivity index (χ3n) is 4.61. The molecule has 2 N–H and O–H groups in total. The van der Waals surface area contributed by atoms with Gasteiger partial charge in [-0.1, -0.05) is 12.1 Å². The number of imide groups is 1. The van der Waals surface area contributed by atoms with Gasteiger partial charge in [0.15, 0.2) is 0 Å². The first-order chi connectivity index (χ1) is 14.9. The largest absolute Gasteiger partial charge is 0.496 e. The molecule has 162 valence electrons. The third kappa shape index (κ3) is 4.77. The normalized spacial score (nSPS) is 14.5. The van der Waals surface area contributed by atoms with Crippen LogP contribution < -0.4 is 24.8 Å². The molecule has 3 rings (SSSR count). The molecule has 4 amide bonds. The molecule has 1 aliphatic heterocycles. The average molecular weight is 425 g/mol. The number of ether oxygens (including phenoxy) is 3. The Bertz CT molecular complexity index is 1040. The van der Waals surface area contributed by atoms with Crippen molar-refractivity contribution in [1.29, 1.82) is 0 Å². The van der Waals surface area contributed by atoms with Crippen LogP contribution in [0.1, 0.15) is 11.1 Å². The number of aryl methyl sites for hydroxylation is 1. The van der Waals surface area contributed by atoms with Crippen LogP contribution in [-0.2, 0) is 9.59 Å². The van der Waals surface area contributed by atoms with Crippen LogP contribution in [0.5, 0.6) is 17.2 Å². The molecule has 2 aromatic rings. The summed E-state index contributed by atoms with van der Waals surface area (Å²) in [7, 11) is 4.44. The third-order valence-corrected chi connectivity index (χ3v) is 4.61. The maximum atomic E-state index is 12.8. The summed E-state index contributed by atoms with van der Waals surface area (Å²) in [6.45, 7) is 1.47. The lowest BCUT2D eigenvalue weighted by Crippen LogP contribution is -2.38. The van der Waals surface area contributed by atoms with Gasteiger partial charge in [-0.05, 0) is 30.7 Å². The van der Waals surface area contributed by atoms with Crippen LogP contribution in [0.2, 0.25) is 0 Å². The van der Waals surface area contributed by atoms with Gasteiger partial charge in [-0.3, -0.25) is 9.59 Å². The van der Waals surface area contributed by atoms with Crippen molar-refractivity contribution in [2.24, 2.45) is 0 Å². The molecule has 31 heavy (non-hydrogen) atoms. The number of nitrogens with one attached hydrogen (secondary N) is 2. The molecule has 0 aromatic heterocycles. The lowest BCUT2D eigenvalue weighted by atomic mass is 10.1. The zero-order chi connectivity index (χ0) is 22.5. The summed E-state index contributed by atoms with van der Waals surface area (Å²) in [5.41, 5.74) is 2.00. The predicted molar refractivity (Wildman–Crippen MR) is 114 cm³/mol. The predicted octanol–water partition coefficient (Wildman–Crippen LogP) is 2.55. The number of anilines is 1. The van der Waals surface area contributed by atoms with Crippen LogP contribution in [0.3, 0.4) is 0 Å². The molecule has 9 heteroatoms. The summed E-state index contributed by atoms with van der Waals surface area (Å²) in [6.07, 6.45) is 1.44. The zero-order valence-corrected chi connectivity index (χ0v) is 17.6. The molecule has 0 bridgehead atoms. The number of nitrogens with zero attached hydrogens (tertiary/aromatic N) is 1. The fraction of sp³-hybridized carbons (Fsp3) is 0.227. The van der Waals surface area contributed by atoms with E-state index in [1.165, 1.54) is 27.4 Å². The number of benzene rings is 2.